The van der Waals surface area contributed by atoms with E-state index in [1.807, 2.05) is 13.0 Å². The van der Waals surface area contributed by atoms with E-state index in [9.17, 15) is 4.79 Å². The number of nitrogens with two attached hydrogens (primary N) is 1. The van der Waals surface area contributed by atoms with Crippen molar-refractivity contribution in [3.05, 3.63) is 23.9 Å². The highest BCUT2D eigenvalue weighted by Gasteiger charge is 2.11. The molecule has 0 saturated heterocycles. The summed E-state index contributed by atoms with van der Waals surface area (Å²) in [4.78, 5) is 14.3. The highest BCUT2D eigenvalue weighted by Crippen LogP contribution is 2.07. The molecule has 3 N–H and O–H groups in total. The SMILES string of the molecule is Cc1ccnc(OCC(N)C(=O)O)c1. The van der Waals surface area contributed by atoms with E-state index in [1.54, 1.807) is 12.3 Å². The zero-order chi connectivity index (χ0) is 10.6. The Morgan fingerprint density at radius 2 is 2.50 bits per heavy atom. The molecule has 0 spiro atoms. The topological polar surface area (TPSA) is 85.4 Å². The van der Waals surface area contributed by atoms with Crippen LogP contribution in [0.1, 0.15) is 5.56 Å². The Balaban J connectivity index is 2.49. The molecule has 0 aromatic carbocycles. The number of hydrogen-bond donors (Lipinski definition) is 2. The van der Waals surface area contributed by atoms with Crippen LogP contribution in [0.15, 0.2) is 18.3 Å². The second kappa shape index (κ2) is 4.57. The van der Waals surface area contributed by atoms with Crippen LogP contribution in [-0.2, 0) is 4.79 Å². The molecule has 5 heteroatoms. The number of carboxylic acid groups (broad SMARTS) is 1. The number of nitrogens with zero attached hydrogens (tertiary/aromatic N) is 1. The lowest BCUT2D eigenvalue weighted by Crippen LogP contribution is -2.36. The molecule has 1 heterocycles. The first kappa shape index (κ1) is 10.5. The third-order valence-electron chi connectivity index (χ3n) is 1.62. The first-order valence-electron chi connectivity index (χ1n) is 4.13. The lowest BCUT2D eigenvalue weighted by molar-refractivity contribution is -0.139. The van der Waals surface area contributed by atoms with Crippen molar-refractivity contribution in [2.45, 2.75) is 13.0 Å². The smallest absolute Gasteiger partial charge is 0.324 e. The lowest BCUT2D eigenvalue weighted by Gasteiger charge is -2.08. The minimum absolute atomic E-state index is 0.0776. The van der Waals surface area contributed by atoms with E-state index in [0.717, 1.165) is 5.56 Å². The van der Waals surface area contributed by atoms with Gasteiger partial charge in [-0.2, -0.15) is 0 Å². The van der Waals surface area contributed by atoms with Gasteiger partial charge < -0.3 is 15.6 Å². The molecule has 0 aliphatic carbocycles. The zero-order valence-electron chi connectivity index (χ0n) is 7.80. The van der Waals surface area contributed by atoms with Gasteiger partial charge in [0.05, 0.1) is 0 Å². The Morgan fingerprint density at radius 1 is 1.79 bits per heavy atom. The third kappa shape index (κ3) is 3.02. The maximum atomic E-state index is 10.4. The number of hydrogen-bond acceptors (Lipinski definition) is 4. The molecule has 1 aromatic rings. The number of aromatic nitrogens is 1. The Hall–Kier alpha value is -1.62. The molecule has 0 amide bonds. The number of pyridine rings is 1. The maximum absolute atomic E-state index is 10.4. The summed E-state index contributed by atoms with van der Waals surface area (Å²) in [5.41, 5.74) is 6.25. The molecule has 1 atom stereocenters. The summed E-state index contributed by atoms with van der Waals surface area (Å²) in [5.74, 6) is -0.695. The predicted octanol–water partition coefficient (Wildman–Crippen LogP) is 0.181. The first-order valence-corrected chi connectivity index (χ1v) is 4.13. The monoisotopic (exact) mass is 196 g/mol. The van der Waals surface area contributed by atoms with Crippen LogP contribution in [-0.4, -0.2) is 28.7 Å². The molecular weight excluding hydrogens is 184 g/mol. The lowest BCUT2D eigenvalue weighted by atomic mass is 10.3. The minimum Gasteiger partial charge on any atom is -0.480 e. The van der Waals surface area contributed by atoms with E-state index in [4.69, 9.17) is 15.6 Å². The van der Waals surface area contributed by atoms with Crippen molar-refractivity contribution in [2.24, 2.45) is 5.73 Å². The summed E-state index contributed by atoms with van der Waals surface area (Å²) in [6, 6.07) is 2.52. The number of rotatable bonds is 4. The fraction of sp³-hybridized carbons (Fsp3) is 0.333. The molecule has 0 aliphatic heterocycles. The molecule has 14 heavy (non-hydrogen) atoms. The second-order valence-corrected chi connectivity index (χ2v) is 2.93. The highest BCUT2D eigenvalue weighted by atomic mass is 16.5. The number of aliphatic carboxylic acids is 1. The van der Waals surface area contributed by atoms with Crippen molar-refractivity contribution in [2.75, 3.05) is 6.61 Å². The Morgan fingerprint density at radius 3 is 3.07 bits per heavy atom. The number of carboxylic acids is 1. The third-order valence-corrected chi connectivity index (χ3v) is 1.62. The number of aryl methyl sites for hydroxylation is 1. The van der Waals surface area contributed by atoms with Gasteiger partial charge in [0.15, 0.2) is 0 Å². The highest BCUT2D eigenvalue weighted by molar-refractivity contribution is 5.73. The molecule has 1 aromatic heterocycles. The van der Waals surface area contributed by atoms with E-state index < -0.39 is 12.0 Å². The van der Waals surface area contributed by atoms with Crippen molar-refractivity contribution in [3.8, 4) is 5.88 Å². The Labute approximate surface area is 81.5 Å². The second-order valence-electron chi connectivity index (χ2n) is 2.93. The standard InChI is InChI=1S/C9H12N2O3/c1-6-2-3-11-8(4-6)14-5-7(10)9(12)13/h2-4,7H,5,10H2,1H3,(H,12,13). The number of carbonyl (C=O) groups is 1. The van der Waals surface area contributed by atoms with Crippen LogP contribution in [0.4, 0.5) is 0 Å². The Bertz CT molecular complexity index is 328. The Kier molecular flexibility index (Phi) is 3.41. The van der Waals surface area contributed by atoms with Crippen LogP contribution < -0.4 is 10.5 Å². The van der Waals surface area contributed by atoms with Crippen molar-refractivity contribution < 1.29 is 14.6 Å². The molecule has 1 unspecified atom stereocenters. The van der Waals surface area contributed by atoms with Gasteiger partial charge in [0.25, 0.3) is 0 Å². The van der Waals surface area contributed by atoms with E-state index in [1.165, 1.54) is 0 Å². The van der Waals surface area contributed by atoms with Crippen molar-refractivity contribution >= 4 is 5.97 Å². The molecule has 0 bridgehead atoms. The van der Waals surface area contributed by atoms with Crippen LogP contribution in [0.2, 0.25) is 0 Å². The zero-order valence-corrected chi connectivity index (χ0v) is 7.80. The van der Waals surface area contributed by atoms with Crippen LogP contribution >= 0.6 is 0 Å². The summed E-state index contributed by atoms with van der Waals surface area (Å²) in [6.07, 6.45) is 1.59. The van der Waals surface area contributed by atoms with Gasteiger partial charge in [0.1, 0.15) is 12.6 Å². The molecule has 0 fully saturated rings. The molecule has 0 radical (unpaired) electrons. The van der Waals surface area contributed by atoms with E-state index >= 15 is 0 Å². The van der Waals surface area contributed by atoms with E-state index in [2.05, 4.69) is 4.98 Å². The van der Waals surface area contributed by atoms with Crippen molar-refractivity contribution in [1.82, 2.24) is 4.98 Å². The van der Waals surface area contributed by atoms with Gasteiger partial charge in [-0.25, -0.2) is 4.98 Å². The average Bonchev–Trinajstić information content (AvgIpc) is 2.14. The predicted molar refractivity (Wildman–Crippen MR) is 50.1 cm³/mol. The van der Waals surface area contributed by atoms with Crippen LogP contribution in [0.5, 0.6) is 5.88 Å². The molecule has 5 nitrogen and oxygen atoms in total. The first-order chi connectivity index (χ1) is 6.59. The quantitative estimate of drug-likeness (QED) is 0.717. The van der Waals surface area contributed by atoms with Gasteiger partial charge >= 0.3 is 5.97 Å². The minimum atomic E-state index is -1.09. The average molecular weight is 196 g/mol. The van der Waals surface area contributed by atoms with Crippen molar-refractivity contribution in [1.29, 1.82) is 0 Å². The fourth-order valence-corrected chi connectivity index (χ4v) is 0.834. The normalized spacial score (nSPS) is 12.1. The summed E-state index contributed by atoms with van der Waals surface area (Å²) in [7, 11) is 0. The number of ether oxygens (including phenoxy) is 1. The van der Waals surface area contributed by atoms with Gasteiger partial charge in [0, 0.05) is 12.3 Å². The summed E-state index contributed by atoms with van der Waals surface area (Å²) < 4.78 is 5.09. The molecule has 0 aliphatic rings. The summed E-state index contributed by atoms with van der Waals surface area (Å²) in [6.45, 7) is 1.82. The van der Waals surface area contributed by atoms with Crippen LogP contribution in [0.3, 0.4) is 0 Å². The fourth-order valence-electron chi connectivity index (χ4n) is 0.834. The molecule has 0 saturated carbocycles. The largest absolute Gasteiger partial charge is 0.480 e. The van der Waals surface area contributed by atoms with Crippen LogP contribution in [0.25, 0.3) is 0 Å². The molecular formula is C9H12N2O3. The van der Waals surface area contributed by atoms with Crippen molar-refractivity contribution in [3.63, 3.8) is 0 Å². The summed E-state index contributed by atoms with van der Waals surface area (Å²) in [5, 5.41) is 8.49. The van der Waals surface area contributed by atoms with Gasteiger partial charge in [-0.1, -0.05) is 0 Å². The maximum Gasteiger partial charge on any atom is 0.324 e. The van der Waals surface area contributed by atoms with Gasteiger partial charge in [0.2, 0.25) is 5.88 Å². The molecule has 1 rings (SSSR count). The van der Waals surface area contributed by atoms with Crippen LogP contribution in [0, 0.1) is 6.92 Å². The van der Waals surface area contributed by atoms with E-state index in [0.29, 0.717) is 5.88 Å². The van der Waals surface area contributed by atoms with E-state index in [-0.39, 0.29) is 6.61 Å². The van der Waals surface area contributed by atoms with Gasteiger partial charge in [-0.15, -0.1) is 0 Å². The van der Waals surface area contributed by atoms with Gasteiger partial charge in [-0.05, 0) is 18.6 Å². The van der Waals surface area contributed by atoms with Gasteiger partial charge in [-0.3, -0.25) is 4.79 Å². The summed E-state index contributed by atoms with van der Waals surface area (Å²) >= 11 is 0. The molecule has 76 valence electrons.